The van der Waals surface area contributed by atoms with E-state index in [1.54, 1.807) is 12.1 Å². The Hall–Kier alpha value is -2.21. The van der Waals surface area contributed by atoms with Crippen LogP contribution in [0.15, 0.2) is 52.7 Å². The Kier molecular flexibility index (Phi) is 8.23. The van der Waals surface area contributed by atoms with E-state index < -0.39 is 17.1 Å². The second kappa shape index (κ2) is 11.0. The molecule has 3 aliphatic rings. The maximum absolute atomic E-state index is 13.7. The fraction of sp³-hybridized carbons (Fsp3) is 0.581. The molecule has 1 heterocycles. The Balaban J connectivity index is 1.82. The van der Waals surface area contributed by atoms with Crippen molar-refractivity contribution in [2.75, 3.05) is 20.1 Å². The summed E-state index contributed by atoms with van der Waals surface area (Å²) in [5.74, 6) is 0.239. The fourth-order valence-electron chi connectivity index (χ4n) is 6.64. The SMILES string of the molecule is CCCN(C)C[C@]1(O)CC[C@H]2c3ccc(cc3C(=O)c3ccco3)C[C@@H](O)CCC(C)=CCC[C@@]21C. The number of aliphatic hydroxyl groups excluding tert-OH is 1. The summed E-state index contributed by atoms with van der Waals surface area (Å²) in [5, 5.41) is 22.9. The summed E-state index contributed by atoms with van der Waals surface area (Å²) in [6.07, 6.45) is 9.70. The number of carbonyl (C=O) groups is 1. The van der Waals surface area contributed by atoms with Crippen LogP contribution in [0.5, 0.6) is 0 Å². The van der Waals surface area contributed by atoms with Gasteiger partial charge in [-0.15, -0.1) is 0 Å². The zero-order valence-corrected chi connectivity index (χ0v) is 22.4. The van der Waals surface area contributed by atoms with Gasteiger partial charge in [-0.3, -0.25) is 4.79 Å². The number of carbonyl (C=O) groups excluding carboxylic acids is 1. The average Bonchev–Trinajstić information content (AvgIpc) is 3.45. The minimum atomic E-state index is -0.847. The third-order valence-electron chi connectivity index (χ3n) is 8.80. The molecule has 2 bridgehead atoms. The average molecular weight is 494 g/mol. The van der Waals surface area contributed by atoms with E-state index >= 15 is 0 Å². The largest absolute Gasteiger partial charge is 0.461 e. The number of hydrogen-bond donors (Lipinski definition) is 2. The van der Waals surface area contributed by atoms with Crippen LogP contribution >= 0.6 is 0 Å². The minimum absolute atomic E-state index is 0.0436. The third-order valence-corrected chi connectivity index (χ3v) is 8.80. The summed E-state index contributed by atoms with van der Waals surface area (Å²) in [5.41, 5.74) is 2.64. The molecule has 0 saturated heterocycles. The number of likely N-dealkylation sites (N-methyl/N-ethyl adjacent to an activating group) is 1. The van der Waals surface area contributed by atoms with Crippen LogP contribution in [-0.4, -0.2) is 52.7 Å². The lowest BCUT2D eigenvalue weighted by Crippen LogP contribution is -2.51. The molecule has 0 radical (unpaired) electrons. The molecule has 1 aromatic heterocycles. The van der Waals surface area contributed by atoms with E-state index in [0.717, 1.165) is 49.8 Å². The molecule has 0 aliphatic heterocycles. The minimum Gasteiger partial charge on any atom is -0.461 e. The van der Waals surface area contributed by atoms with Crippen molar-refractivity contribution in [2.45, 2.75) is 89.8 Å². The van der Waals surface area contributed by atoms with E-state index in [9.17, 15) is 15.0 Å². The highest BCUT2D eigenvalue weighted by Crippen LogP contribution is 2.58. The molecular formula is C31H43NO4. The number of furan rings is 1. The number of nitrogens with zero attached hydrogens (tertiary/aromatic N) is 1. The standard InChI is InChI=1S/C31H43NO4/c1-5-17-32(4)21-31(35)16-14-27-25-13-11-23(20-26(25)29(34)28-9-7-18-36-28)19-24(33)12-10-22(2)8-6-15-30(27,31)3/h7-9,11,13,18,20,24,27,33,35H,5-6,10,12,14-17,19,21H2,1-4H3/t24-,27-,30-,31+/m0/s1. The van der Waals surface area contributed by atoms with Crippen LogP contribution in [0.2, 0.25) is 0 Å². The van der Waals surface area contributed by atoms with Gasteiger partial charge < -0.3 is 19.5 Å². The maximum Gasteiger partial charge on any atom is 0.228 e. The van der Waals surface area contributed by atoms with Crippen molar-refractivity contribution in [1.82, 2.24) is 4.90 Å². The lowest BCUT2D eigenvalue weighted by atomic mass is 9.64. The van der Waals surface area contributed by atoms with Gasteiger partial charge in [-0.25, -0.2) is 0 Å². The van der Waals surface area contributed by atoms with Crippen LogP contribution in [0, 0.1) is 5.41 Å². The predicted octanol–water partition coefficient (Wildman–Crippen LogP) is 5.89. The number of aliphatic hydroxyl groups is 2. The molecule has 5 heteroatoms. The van der Waals surface area contributed by atoms with E-state index in [1.807, 2.05) is 6.07 Å². The van der Waals surface area contributed by atoms with E-state index in [4.69, 9.17) is 4.42 Å². The zero-order valence-electron chi connectivity index (χ0n) is 22.4. The molecule has 5 rings (SSSR count). The molecule has 0 spiro atoms. The van der Waals surface area contributed by atoms with Crippen LogP contribution < -0.4 is 0 Å². The Morgan fingerprint density at radius 1 is 1.22 bits per heavy atom. The molecule has 2 N–H and O–H groups in total. The van der Waals surface area contributed by atoms with Gasteiger partial charge in [-0.1, -0.05) is 37.6 Å². The summed E-state index contributed by atoms with van der Waals surface area (Å²) in [6, 6.07) is 9.55. The van der Waals surface area contributed by atoms with Crippen LogP contribution in [0.25, 0.3) is 0 Å². The van der Waals surface area contributed by atoms with Crippen molar-refractivity contribution < 1.29 is 19.4 Å². The van der Waals surface area contributed by atoms with Crippen LogP contribution in [0.3, 0.4) is 0 Å². The molecule has 4 atom stereocenters. The predicted molar refractivity (Wildman–Crippen MR) is 143 cm³/mol. The van der Waals surface area contributed by atoms with Gasteiger partial charge in [0.05, 0.1) is 18.0 Å². The van der Waals surface area contributed by atoms with Gasteiger partial charge in [-0.05, 0) is 107 Å². The Morgan fingerprint density at radius 3 is 2.75 bits per heavy atom. The molecular weight excluding hydrogens is 450 g/mol. The number of hydrogen-bond acceptors (Lipinski definition) is 5. The van der Waals surface area contributed by atoms with Crippen molar-refractivity contribution in [3.05, 3.63) is 70.7 Å². The van der Waals surface area contributed by atoms with E-state index in [-0.39, 0.29) is 11.7 Å². The molecule has 2 aromatic rings. The van der Waals surface area contributed by atoms with Gasteiger partial charge in [-0.2, -0.15) is 0 Å². The van der Waals surface area contributed by atoms with E-state index in [1.165, 1.54) is 11.8 Å². The summed E-state index contributed by atoms with van der Waals surface area (Å²) in [7, 11) is 2.09. The second-order valence-electron chi connectivity index (χ2n) is 11.5. The Bertz CT molecular complexity index is 1070. The van der Waals surface area contributed by atoms with Crippen molar-refractivity contribution >= 4 is 5.78 Å². The van der Waals surface area contributed by atoms with Crippen LogP contribution in [0.1, 0.15) is 98.9 Å². The highest BCUT2D eigenvalue weighted by Gasteiger charge is 2.57. The first-order valence-corrected chi connectivity index (χ1v) is 13.6. The van der Waals surface area contributed by atoms with E-state index in [2.05, 4.69) is 50.9 Å². The van der Waals surface area contributed by atoms with Crippen molar-refractivity contribution in [2.24, 2.45) is 5.41 Å². The topological polar surface area (TPSA) is 73.9 Å². The molecule has 1 aromatic carbocycles. The smallest absolute Gasteiger partial charge is 0.228 e. The van der Waals surface area contributed by atoms with Gasteiger partial charge in [0.2, 0.25) is 5.78 Å². The Labute approximate surface area is 216 Å². The normalized spacial score (nSPS) is 29.1. The number of rotatable bonds is 6. The van der Waals surface area contributed by atoms with Crippen molar-refractivity contribution in [3.8, 4) is 0 Å². The summed E-state index contributed by atoms with van der Waals surface area (Å²) >= 11 is 0. The second-order valence-corrected chi connectivity index (χ2v) is 11.5. The lowest BCUT2D eigenvalue weighted by Gasteiger charge is -2.45. The zero-order chi connectivity index (χ0) is 25.9. The third kappa shape index (κ3) is 5.39. The quantitative estimate of drug-likeness (QED) is 0.388. The number of allylic oxidation sites excluding steroid dienone is 2. The molecule has 0 amide bonds. The first kappa shape index (κ1) is 26.8. The molecule has 1 fully saturated rings. The molecule has 3 aliphatic carbocycles. The van der Waals surface area contributed by atoms with Gasteiger partial charge in [0, 0.05) is 17.5 Å². The lowest BCUT2D eigenvalue weighted by molar-refractivity contribution is -0.0799. The molecule has 196 valence electrons. The number of ketones is 1. The fourth-order valence-corrected chi connectivity index (χ4v) is 6.64. The summed E-state index contributed by atoms with van der Waals surface area (Å²) in [6.45, 7) is 8.12. The molecule has 0 unspecified atom stereocenters. The van der Waals surface area contributed by atoms with Crippen LogP contribution in [0.4, 0.5) is 0 Å². The van der Waals surface area contributed by atoms with Gasteiger partial charge in [0.25, 0.3) is 0 Å². The summed E-state index contributed by atoms with van der Waals surface area (Å²) < 4.78 is 5.51. The van der Waals surface area contributed by atoms with Gasteiger partial charge in [0.15, 0.2) is 5.76 Å². The van der Waals surface area contributed by atoms with Crippen molar-refractivity contribution in [1.29, 1.82) is 0 Å². The number of benzene rings is 1. The highest BCUT2D eigenvalue weighted by molar-refractivity contribution is 6.08. The van der Waals surface area contributed by atoms with Crippen LogP contribution in [-0.2, 0) is 6.42 Å². The molecule has 1 saturated carbocycles. The molecule has 5 nitrogen and oxygen atoms in total. The van der Waals surface area contributed by atoms with Gasteiger partial charge >= 0.3 is 0 Å². The molecule has 36 heavy (non-hydrogen) atoms. The Morgan fingerprint density at radius 2 is 2.03 bits per heavy atom. The first-order chi connectivity index (χ1) is 17.2. The van der Waals surface area contributed by atoms with E-state index in [0.29, 0.717) is 37.1 Å². The maximum atomic E-state index is 13.7. The van der Waals surface area contributed by atoms with Crippen molar-refractivity contribution in [3.63, 3.8) is 0 Å². The summed E-state index contributed by atoms with van der Waals surface area (Å²) in [4.78, 5) is 15.9. The monoisotopic (exact) mass is 493 g/mol. The van der Waals surface area contributed by atoms with Gasteiger partial charge in [0.1, 0.15) is 0 Å². The number of fused-ring (bicyclic) bond motifs is 8. The first-order valence-electron chi connectivity index (χ1n) is 13.6. The highest BCUT2D eigenvalue weighted by atomic mass is 16.3.